The summed E-state index contributed by atoms with van der Waals surface area (Å²) in [7, 11) is 0. The van der Waals surface area contributed by atoms with E-state index in [2.05, 4.69) is 26.7 Å². The third kappa shape index (κ3) is 3.71. The molecule has 1 fully saturated rings. The van der Waals surface area contributed by atoms with Crippen molar-refractivity contribution in [3.8, 4) is 11.8 Å². The second-order valence-electron chi connectivity index (χ2n) is 6.72. The van der Waals surface area contributed by atoms with Crippen molar-refractivity contribution < 1.29 is 4.79 Å². The van der Waals surface area contributed by atoms with Crippen LogP contribution in [0, 0.1) is 11.3 Å². The number of hydrogen-bond donors (Lipinski definition) is 2. The summed E-state index contributed by atoms with van der Waals surface area (Å²) in [6, 6.07) is 8.95. The molecule has 1 aromatic carbocycles. The number of benzene rings is 1. The van der Waals surface area contributed by atoms with Crippen molar-refractivity contribution in [2.24, 2.45) is 0 Å². The lowest BCUT2D eigenvalue weighted by Crippen LogP contribution is -2.18. The average molecular weight is 381 g/mol. The lowest BCUT2D eigenvalue weighted by molar-refractivity contribution is -0.117. The topological polar surface area (TPSA) is 99.4 Å². The van der Waals surface area contributed by atoms with Gasteiger partial charge in [0, 0.05) is 34.5 Å². The number of halogens is 1. The minimum absolute atomic E-state index is 0.160. The molecule has 0 saturated heterocycles. The fourth-order valence-electron chi connectivity index (χ4n) is 2.86. The van der Waals surface area contributed by atoms with Crippen LogP contribution >= 0.6 is 11.6 Å². The maximum absolute atomic E-state index is 12.5. The van der Waals surface area contributed by atoms with Crippen molar-refractivity contribution in [1.29, 1.82) is 5.26 Å². The minimum atomic E-state index is -0.408. The Morgan fingerprint density at radius 2 is 2.22 bits per heavy atom. The monoisotopic (exact) mass is 380 g/mol. The minimum Gasteiger partial charge on any atom is -0.309 e. The zero-order chi connectivity index (χ0) is 19.0. The highest BCUT2D eigenvalue weighted by Gasteiger charge is 2.26. The molecule has 1 saturated carbocycles. The number of aromatic nitrogens is 4. The standard InChI is InChI=1S/C19H17ClN6O/c1-11(19(27)23-18-7-17(24-25-18)13-2-3-13)14-9-22-26(10-14)16-5-12(8-21)4-15(20)6-16/h4-7,9-11,13H,2-3H2,1H3,(H2,23,24,25,27)/t11-/m0/s1. The van der Waals surface area contributed by atoms with Gasteiger partial charge < -0.3 is 5.32 Å². The van der Waals surface area contributed by atoms with E-state index in [-0.39, 0.29) is 5.91 Å². The van der Waals surface area contributed by atoms with Gasteiger partial charge in [-0.05, 0) is 38.0 Å². The summed E-state index contributed by atoms with van der Waals surface area (Å²) in [4.78, 5) is 12.5. The molecule has 1 amide bonds. The Morgan fingerprint density at radius 1 is 1.41 bits per heavy atom. The second kappa shape index (κ2) is 6.89. The highest BCUT2D eigenvalue weighted by atomic mass is 35.5. The molecule has 1 aliphatic rings. The molecule has 8 heteroatoms. The van der Waals surface area contributed by atoms with Gasteiger partial charge >= 0.3 is 0 Å². The van der Waals surface area contributed by atoms with Gasteiger partial charge in [0.05, 0.1) is 29.4 Å². The predicted octanol–water partition coefficient (Wildman–Crippen LogP) is 3.74. The lowest BCUT2D eigenvalue weighted by atomic mass is 10.0. The van der Waals surface area contributed by atoms with Crippen molar-refractivity contribution >= 4 is 23.3 Å². The number of nitriles is 1. The highest BCUT2D eigenvalue weighted by Crippen LogP contribution is 2.39. The van der Waals surface area contributed by atoms with Crippen molar-refractivity contribution in [2.45, 2.75) is 31.6 Å². The summed E-state index contributed by atoms with van der Waals surface area (Å²) in [6.45, 7) is 1.81. The molecule has 2 aromatic heterocycles. The Bertz CT molecular complexity index is 1040. The van der Waals surface area contributed by atoms with Gasteiger partial charge in [0.15, 0.2) is 5.82 Å². The van der Waals surface area contributed by atoms with Crippen LogP contribution in [0.1, 0.15) is 48.4 Å². The van der Waals surface area contributed by atoms with E-state index in [0.29, 0.717) is 28.0 Å². The fraction of sp³-hybridized carbons (Fsp3) is 0.263. The van der Waals surface area contributed by atoms with Gasteiger partial charge in [-0.25, -0.2) is 4.68 Å². The number of nitrogens with zero attached hydrogens (tertiary/aromatic N) is 4. The normalized spacial score (nSPS) is 14.6. The van der Waals surface area contributed by atoms with E-state index >= 15 is 0 Å². The van der Waals surface area contributed by atoms with Crippen LogP contribution < -0.4 is 5.32 Å². The maximum atomic E-state index is 12.5. The number of hydrogen-bond acceptors (Lipinski definition) is 4. The van der Waals surface area contributed by atoms with Crippen LogP contribution in [0.5, 0.6) is 0 Å². The van der Waals surface area contributed by atoms with Crippen LogP contribution in [0.3, 0.4) is 0 Å². The number of nitrogens with one attached hydrogen (secondary N) is 2. The van der Waals surface area contributed by atoms with Crippen molar-refractivity contribution in [3.05, 3.63) is 58.5 Å². The van der Waals surface area contributed by atoms with Crippen LogP contribution in [0.4, 0.5) is 5.82 Å². The first-order chi connectivity index (χ1) is 13.0. The summed E-state index contributed by atoms with van der Waals surface area (Å²) in [5.41, 5.74) is 2.94. The largest absolute Gasteiger partial charge is 0.309 e. The van der Waals surface area contributed by atoms with E-state index in [0.717, 1.165) is 11.3 Å². The molecule has 1 atom stereocenters. The Hall–Kier alpha value is -3.11. The first-order valence-corrected chi connectivity index (χ1v) is 9.03. The van der Waals surface area contributed by atoms with Crippen molar-refractivity contribution in [1.82, 2.24) is 20.0 Å². The summed E-state index contributed by atoms with van der Waals surface area (Å²) < 4.78 is 1.60. The molecule has 4 rings (SSSR count). The van der Waals surface area contributed by atoms with Gasteiger partial charge in [-0.2, -0.15) is 15.5 Å². The molecule has 1 aliphatic carbocycles. The van der Waals surface area contributed by atoms with Crippen LogP contribution in [0.15, 0.2) is 36.7 Å². The summed E-state index contributed by atoms with van der Waals surface area (Å²) >= 11 is 6.05. The first-order valence-electron chi connectivity index (χ1n) is 8.65. The number of carbonyl (C=O) groups excluding carboxylic acids is 1. The zero-order valence-corrected chi connectivity index (χ0v) is 15.4. The first kappa shape index (κ1) is 17.3. The van der Waals surface area contributed by atoms with Crippen LogP contribution in [-0.4, -0.2) is 25.9 Å². The van der Waals surface area contributed by atoms with Crippen LogP contribution in [0.25, 0.3) is 5.69 Å². The second-order valence-corrected chi connectivity index (χ2v) is 7.16. The Balaban J connectivity index is 1.49. The molecule has 0 aliphatic heterocycles. The van der Waals surface area contributed by atoms with E-state index in [1.54, 1.807) is 35.3 Å². The molecule has 0 spiro atoms. The van der Waals surface area contributed by atoms with E-state index in [4.69, 9.17) is 16.9 Å². The molecule has 2 heterocycles. The fourth-order valence-corrected chi connectivity index (χ4v) is 3.09. The molecule has 0 unspecified atom stereocenters. The molecule has 3 aromatic rings. The predicted molar refractivity (Wildman–Crippen MR) is 101 cm³/mol. The number of carbonyl (C=O) groups is 1. The van der Waals surface area contributed by atoms with Gasteiger partial charge in [-0.3, -0.25) is 9.89 Å². The quantitative estimate of drug-likeness (QED) is 0.704. The molecule has 7 nitrogen and oxygen atoms in total. The van der Waals surface area contributed by atoms with E-state index in [1.807, 2.05) is 13.0 Å². The lowest BCUT2D eigenvalue weighted by Gasteiger charge is -2.08. The van der Waals surface area contributed by atoms with Gasteiger partial charge in [0.25, 0.3) is 0 Å². The third-order valence-corrected chi connectivity index (χ3v) is 4.86. The van der Waals surface area contributed by atoms with E-state index in [1.165, 1.54) is 12.8 Å². The number of amides is 1. The number of rotatable bonds is 5. The maximum Gasteiger partial charge on any atom is 0.232 e. The summed E-state index contributed by atoms with van der Waals surface area (Å²) in [6.07, 6.45) is 5.74. The molecule has 27 heavy (non-hydrogen) atoms. The molecular formula is C19H17ClN6O. The number of aromatic amines is 1. The summed E-state index contributed by atoms with van der Waals surface area (Å²) in [5, 5.41) is 23.8. The van der Waals surface area contributed by atoms with Crippen LogP contribution in [-0.2, 0) is 4.79 Å². The zero-order valence-electron chi connectivity index (χ0n) is 14.6. The Labute approximate surface area is 161 Å². The molecule has 2 N–H and O–H groups in total. The molecule has 0 bridgehead atoms. The third-order valence-electron chi connectivity index (χ3n) is 4.64. The summed E-state index contributed by atoms with van der Waals surface area (Å²) in [5.74, 6) is 0.520. The van der Waals surface area contributed by atoms with Crippen molar-refractivity contribution in [3.63, 3.8) is 0 Å². The average Bonchev–Trinajstić information content (AvgIpc) is 3.20. The SMILES string of the molecule is C[C@H](C(=O)Nc1cc(C2CC2)[nH]n1)c1cnn(-c2cc(Cl)cc(C#N)c2)c1. The van der Waals surface area contributed by atoms with Crippen LogP contribution in [0.2, 0.25) is 5.02 Å². The van der Waals surface area contributed by atoms with E-state index < -0.39 is 5.92 Å². The van der Waals surface area contributed by atoms with Gasteiger partial charge in [-0.1, -0.05) is 11.6 Å². The Kier molecular flexibility index (Phi) is 4.42. The van der Waals surface area contributed by atoms with Gasteiger partial charge in [-0.15, -0.1) is 0 Å². The highest BCUT2D eigenvalue weighted by molar-refractivity contribution is 6.30. The van der Waals surface area contributed by atoms with E-state index in [9.17, 15) is 4.79 Å². The number of anilines is 1. The Morgan fingerprint density at radius 3 is 2.96 bits per heavy atom. The van der Waals surface area contributed by atoms with Gasteiger partial charge in [0.1, 0.15) is 0 Å². The van der Waals surface area contributed by atoms with Crippen molar-refractivity contribution in [2.75, 3.05) is 5.32 Å². The number of H-pyrrole nitrogens is 1. The molecular weight excluding hydrogens is 364 g/mol. The molecule has 136 valence electrons. The van der Waals surface area contributed by atoms with Gasteiger partial charge in [0.2, 0.25) is 5.91 Å². The smallest absolute Gasteiger partial charge is 0.232 e. The molecule has 0 radical (unpaired) electrons.